The van der Waals surface area contributed by atoms with Crippen LogP contribution in [0.1, 0.15) is 18.4 Å². The molecular formula is C25H27ClN4O2. The second-order valence-electron chi connectivity index (χ2n) is 8.67. The van der Waals surface area contributed by atoms with Crippen LogP contribution >= 0.6 is 11.6 Å². The van der Waals surface area contributed by atoms with Crippen molar-refractivity contribution in [2.45, 2.75) is 31.8 Å². The number of nitrogens with zero attached hydrogens (tertiary/aromatic N) is 3. The van der Waals surface area contributed by atoms with E-state index in [1.54, 1.807) is 6.07 Å². The summed E-state index contributed by atoms with van der Waals surface area (Å²) in [5.74, 6) is 0.960. The van der Waals surface area contributed by atoms with Crippen molar-refractivity contribution in [3.63, 3.8) is 0 Å². The molecule has 1 aromatic heterocycles. The lowest BCUT2D eigenvalue weighted by Crippen LogP contribution is -2.54. The fraction of sp³-hybridized carbons (Fsp3) is 0.360. The molecule has 0 aliphatic carbocycles. The molecule has 0 spiro atoms. The Morgan fingerprint density at radius 2 is 1.84 bits per heavy atom. The first-order valence-electron chi connectivity index (χ1n) is 11.1. The highest BCUT2D eigenvalue weighted by atomic mass is 35.5. The Hall–Kier alpha value is -2.67. The van der Waals surface area contributed by atoms with E-state index in [4.69, 9.17) is 16.3 Å². The molecule has 32 heavy (non-hydrogen) atoms. The number of rotatable bonds is 5. The lowest BCUT2D eigenvalue weighted by atomic mass is 10.00. The fourth-order valence-electron chi connectivity index (χ4n) is 4.47. The van der Waals surface area contributed by atoms with Crippen molar-refractivity contribution in [1.82, 2.24) is 15.1 Å². The zero-order valence-electron chi connectivity index (χ0n) is 18.1. The van der Waals surface area contributed by atoms with Gasteiger partial charge in [-0.1, -0.05) is 29.8 Å². The van der Waals surface area contributed by atoms with Crippen LogP contribution in [0, 0.1) is 6.92 Å². The summed E-state index contributed by atoms with van der Waals surface area (Å²) < 4.78 is 5.35. The number of hydrogen-bond acceptors (Lipinski definition) is 6. The Balaban J connectivity index is 1.31. The van der Waals surface area contributed by atoms with Gasteiger partial charge in [-0.3, -0.25) is 4.90 Å². The minimum Gasteiger partial charge on any atom is -0.507 e. The van der Waals surface area contributed by atoms with Crippen LogP contribution < -0.4 is 5.32 Å². The fourth-order valence-corrected chi connectivity index (χ4v) is 4.60. The van der Waals surface area contributed by atoms with Crippen molar-refractivity contribution >= 4 is 17.4 Å². The first kappa shape index (κ1) is 21.2. The Morgan fingerprint density at radius 1 is 1.06 bits per heavy atom. The van der Waals surface area contributed by atoms with Crippen molar-refractivity contribution in [3.8, 4) is 28.1 Å². The number of piperidine rings is 1. The van der Waals surface area contributed by atoms with Gasteiger partial charge < -0.3 is 15.2 Å². The Labute approximate surface area is 193 Å². The maximum absolute atomic E-state index is 10.7. The molecule has 0 amide bonds. The third kappa shape index (κ3) is 4.44. The molecule has 6 nitrogen and oxygen atoms in total. The van der Waals surface area contributed by atoms with E-state index >= 15 is 0 Å². The molecule has 1 atom stereocenters. The summed E-state index contributed by atoms with van der Waals surface area (Å²) in [4.78, 5) is 2.51. The maximum atomic E-state index is 10.7. The second-order valence-corrected chi connectivity index (χ2v) is 9.11. The first-order valence-corrected chi connectivity index (χ1v) is 11.5. The monoisotopic (exact) mass is 450 g/mol. The van der Waals surface area contributed by atoms with Crippen molar-refractivity contribution in [2.24, 2.45) is 0 Å². The molecule has 1 unspecified atom stereocenters. The smallest absolute Gasteiger partial charge is 0.149 e. The normalized spacial score (nSPS) is 19.5. The van der Waals surface area contributed by atoms with E-state index in [9.17, 15) is 5.11 Å². The van der Waals surface area contributed by atoms with Gasteiger partial charge in [-0.25, -0.2) is 0 Å². The number of nitrogens with one attached hydrogen (secondary N) is 1. The van der Waals surface area contributed by atoms with Gasteiger partial charge in [0, 0.05) is 23.2 Å². The van der Waals surface area contributed by atoms with Crippen molar-refractivity contribution in [3.05, 3.63) is 59.1 Å². The van der Waals surface area contributed by atoms with Crippen LogP contribution in [-0.2, 0) is 4.74 Å². The van der Waals surface area contributed by atoms with E-state index in [0.717, 1.165) is 55.2 Å². The number of benzene rings is 2. The summed E-state index contributed by atoms with van der Waals surface area (Å²) in [7, 11) is 0. The minimum atomic E-state index is 0.182. The molecule has 0 radical (unpaired) electrons. The third-order valence-electron chi connectivity index (χ3n) is 6.36. The largest absolute Gasteiger partial charge is 0.507 e. The van der Waals surface area contributed by atoms with E-state index in [1.165, 1.54) is 6.42 Å². The summed E-state index contributed by atoms with van der Waals surface area (Å²) in [6, 6.07) is 16.1. The molecule has 3 heterocycles. The maximum Gasteiger partial charge on any atom is 0.149 e. The Bertz CT molecular complexity index is 1100. The van der Waals surface area contributed by atoms with Crippen LogP contribution in [0.5, 0.6) is 5.75 Å². The molecule has 7 heteroatoms. The number of phenols is 1. The van der Waals surface area contributed by atoms with Gasteiger partial charge in [0.1, 0.15) is 11.6 Å². The molecule has 2 aromatic carbocycles. The topological polar surface area (TPSA) is 70.5 Å². The van der Waals surface area contributed by atoms with E-state index in [-0.39, 0.29) is 5.75 Å². The highest BCUT2D eigenvalue weighted by Gasteiger charge is 2.30. The molecule has 2 N–H and O–H groups in total. The van der Waals surface area contributed by atoms with E-state index in [0.29, 0.717) is 28.4 Å². The summed E-state index contributed by atoms with van der Waals surface area (Å²) in [6.45, 7) is 5.84. The molecule has 5 rings (SSSR count). The second kappa shape index (κ2) is 9.06. The van der Waals surface area contributed by atoms with Gasteiger partial charge >= 0.3 is 0 Å². The summed E-state index contributed by atoms with van der Waals surface area (Å²) in [6.07, 6.45) is 2.30. The lowest BCUT2D eigenvalue weighted by Gasteiger charge is -2.42. The number of aromatic nitrogens is 2. The van der Waals surface area contributed by atoms with E-state index < -0.39 is 0 Å². The minimum absolute atomic E-state index is 0.182. The molecular weight excluding hydrogens is 424 g/mol. The predicted molar refractivity (Wildman–Crippen MR) is 127 cm³/mol. The summed E-state index contributed by atoms with van der Waals surface area (Å²) in [5, 5.41) is 23.8. The standard InChI is InChI=1S/C25H27ClN4O2/c1-16-11-24(27-20-3-2-10-30(13-20)21-14-32-15-21)28-29-25(16)22-9-6-18(12-23(22)31)17-4-7-19(26)8-5-17/h4-9,11-12,20-21,31H,2-3,10,13-15H2,1H3,(H,27,28). The number of anilines is 1. The highest BCUT2D eigenvalue weighted by Crippen LogP contribution is 2.34. The van der Waals surface area contributed by atoms with Gasteiger partial charge in [-0.05, 0) is 73.3 Å². The van der Waals surface area contributed by atoms with Gasteiger partial charge in [-0.2, -0.15) is 0 Å². The average Bonchev–Trinajstić information content (AvgIpc) is 2.74. The lowest BCUT2D eigenvalue weighted by molar-refractivity contribution is -0.0710. The molecule has 2 aliphatic rings. The van der Waals surface area contributed by atoms with Crippen molar-refractivity contribution in [1.29, 1.82) is 0 Å². The number of phenolic OH excluding ortho intramolecular Hbond substituents is 1. The van der Waals surface area contributed by atoms with Crippen LogP contribution in [0.15, 0.2) is 48.5 Å². The van der Waals surface area contributed by atoms with Crippen LogP contribution in [0.25, 0.3) is 22.4 Å². The molecule has 166 valence electrons. The van der Waals surface area contributed by atoms with Gasteiger partial charge in [0.2, 0.25) is 0 Å². The zero-order valence-corrected chi connectivity index (χ0v) is 18.8. The van der Waals surface area contributed by atoms with Crippen molar-refractivity contribution in [2.75, 3.05) is 31.6 Å². The van der Waals surface area contributed by atoms with Gasteiger partial charge in [0.15, 0.2) is 0 Å². The van der Waals surface area contributed by atoms with Crippen molar-refractivity contribution < 1.29 is 9.84 Å². The van der Waals surface area contributed by atoms with Crippen LogP contribution in [0.4, 0.5) is 5.82 Å². The number of aromatic hydroxyl groups is 1. The van der Waals surface area contributed by atoms with Gasteiger partial charge in [0.05, 0.1) is 24.9 Å². The van der Waals surface area contributed by atoms with Crippen LogP contribution in [0.2, 0.25) is 5.02 Å². The van der Waals surface area contributed by atoms with E-state index in [1.807, 2.05) is 49.4 Å². The third-order valence-corrected chi connectivity index (χ3v) is 6.61. The molecule has 0 saturated carbocycles. The average molecular weight is 451 g/mol. The van der Waals surface area contributed by atoms with E-state index in [2.05, 4.69) is 20.4 Å². The first-order chi connectivity index (χ1) is 15.6. The molecule has 2 saturated heterocycles. The SMILES string of the molecule is Cc1cc(NC2CCCN(C3COC3)C2)nnc1-c1ccc(-c2ccc(Cl)cc2)cc1O. The number of hydrogen-bond donors (Lipinski definition) is 2. The number of halogens is 1. The van der Waals surface area contributed by atoms with Crippen LogP contribution in [-0.4, -0.2) is 58.6 Å². The quantitative estimate of drug-likeness (QED) is 0.584. The molecule has 3 aromatic rings. The number of aryl methyl sites for hydroxylation is 1. The number of ether oxygens (including phenoxy) is 1. The Kier molecular flexibility index (Phi) is 6.00. The molecule has 0 bridgehead atoms. The molecule has 2 aliphatic heterocycles. The van der Waals surface area contributed by atoms with Crippen LogP contribution in [0.3, 0.4) is 0 Å². The Morgan fingerprint density at radius 3 is 2.53 bits per heavy atom. The molecule has 2 fully saturated rings. The summed E-state index contributed by atoms with van der Waals surface area (Å²) >= 11 is 5.98. The van der Waals surface area contributed by atoms with Gasteiger partial charge in [-0.15, -0.1) is 10.2 Å². The predicted octanol–water partition coefficient (Wildman–Crippen LogP) is 4.75. The summed E-state index contributed by atoms with van der Waals surface area (Å²) in [5.41, 5.74) is 4.25. The zero-order chi connectivity index (χ0) is 22.1. The van der Waals surface area contributed by atoms with Gasteiger partial charge in [0.25, 0.3) is 0 Å². The highest BCUT2D eigenvalue weighted by molar-refractivity contribution is 6.30. The number of likely N-dealkylation sites (tertiary alicyclic amines) is 1.